The monoisotopic (exact) mass is 259 g/mol. The first kappa shape index (κ1) is 13.8. The molecule has 102 valence electrons. The molecule has 2 rings (SSSR count). The number of aromatic nitrogens is 2. The standard InChI is InChI=1S/C15H21N3O/c1-3-14-8-15(18(2)17-14)10-16-9-12-5-4-6-13(7-12)11-19/h4-8,16,19H,3,9-11H2,1-2H3. The average molecular weight is 259 g/mol. The lowest BCUT2D eigenvalue weighted by Crippen LogP contribution is -2.15. The first-order valence-corrected chi connectivity index (χ1v) is 6.64. The van der Waals surface area contributed by atoms with E-state index < -0.39 is 0 Å². The summed E-state index contributed by atoms with van der Waals surface area (Å²) < 4.78 is 1.93. The van der Waals surface area contributed by atoms with Crippen LogP contribution in [0.25, 0.3) is 0 Å². The zero-order valence-corrected chi connectivity index (χ0v) is 11.6. The highest BCUT2D eigenvalue weighted by Crippen LogP contribution is 2.07. The van der Waals surface area contributed by atoms with Crippen LogP contribution < -0.4 is 5.32 Å². The van der Waals surface area contributed by atoms with Crippen LogP contribution >= 0.6 is 0 Å². The van der Waals surface area contributed by atoms with Gasteiger partial charge in [0.25, 0.3) is 0 Å². The fourth-order valence-corrected chi connectivity index (χ4v) is 2.08. The number of benzene rings is 1. The van der Waals surface area contributed by atoms with E-state index in [-0.39, 0.29) is 6.61 Å². The molecule has 0 fully saturated rings. The highest BCUT2D eigenvalue weighted by Gasteiger charge is 2.03. The fourth-order valence-electron chi connectivity index (χ4n) is 2.08. The lowest BCUT2D eigenvalue weighted by Gasteiger charge is -2.06. The maximum absolute atomic E-state index is 9.10. The molecule has 4 heteroatoms. The molecule has 0 atom stereocenters. The van der Waals surface area contributed by atoms with Gasteiger partial charge in [-0.1, -0.05) is 31.2 Å². The highest BCUT2D eigenvalue weighted by molar-refractivity contribution is 5.22. The summed E-state index contributed by atoms with van der Waals surface area (Å²) in [6, 6.07) is 10.1. The third-order valence-corrected chi connectivity index (χ3v) is 3.20. The van der Waals surface area contributed by atoms with E-state index in [1.807, 2.05) is 29.9 Å². The number of hydrogen-bond donors (Lipinski definition) is 2. The van der Waals surface area contributed by atoms with Gasteiger partial charge >= 0.3 is 0 Å². The lowest BCUT2D eigenvalue weighted by molar-refractivity contribution is 0.281. The van der Waals surface area contributed by atoms with Crippen LogP contribution in [-0.2, 0) is 33.2 Å². The zero-order chi connectivity index (χ0) is 13.7. The zero-order valence-electron chi connectivity index (χ0n) is 11.6. The summed E-state index contributed by atoms with van der Waals surface area (Å²) in [4.78, 5) is 0. The van der Waals surface area contributed by atoms with Crippen molar-refractivity contribution in [1.29, 1.82) is 0 Å². The summed E-state index contributed by atoms with van der Waals surface area (Å²) in [5.74, 6) is 0. The smallest absolute Gasteiger partial charge is 0.0681 e. The Labute approximate surface area is 114 Å². The predicted octanol–water partition coefficient (Wildman–Crippen LogP) is 1.76. The molecule has 0 amide bonds. The van der Waals surface area contributed by atoms with Crippen molar-refractivity contribution in [3.63, 3.8) is 0 Å². The molecule has 0 saturated heterocycles. The van der Waals surface area contributed by atoms with Gasteiger partial charge in [0.05, 0.1) is 18.0 Å². The Kier molecular flexibility index (Phi) is 4.71. The molecule has 0 unspecified atom stereocenters. The van der Waals surface area contributed by atoms with Gasteiger partial charge in [0.2, 0.25) is 0 Å². The molecular formula is C15H21N3O. The summed E-state index contributed by atoms with van der Waals surface area (Å²) in [5.41, 5.74) is 4.45. The second kappa shape index (κ2) is 6.50. The molecular weight excluding hydrogens is 238 g/mol. The van der Waals surface area contributed by atoms with Gasteiger partial charge in [0, 0.05) is 20.1 Å². The van der Waals surface area contributed by atoms with Crippen LogP contribution in [0.4, 0.5) is 0 Å². The van der Waals surface area contributed by atoms with E-state index in [2.05, 4.69) is 29.5 Å². The van der Waals surface area contributed by atoms with Crippen LogP contribution in [0.15, 0.2) is 30.3 Å². The molecule has 0 bridgehead atoms. The van der Waals surface area contributed by atoms with Crippen LogP contribution in [-0.4, -0.2) is 14.9 Å². The van der Waals surface area contributed by atoms with Gasteiger partial charge in [-0.25, -0.2) is 0 Å². The molecule has 0 aliphatic rings. The Bertz CT molecular complexity index is 534. The van der Waals surface area contributed by atoms with Crippen LogP contribution in [0.1, 0.15) is 29.4 Å². The van der Waals surface area contributed by atoms with Crippen molar-refractivity contribution < 1.29 is 5.11 Å². The van der Waals surface area contributed by atoms with Gasteiger partial charge < -0.3 is 10.4 Å². The normalized spacial score (nSPS) is 10.9. The minimum absolute atomic E-state index is 0.0927. The maximum atomic E-state index is 9.10. The molecule has 19 heavy (non-hydrogen) atoms. The van der Waals surface area contributed by atoms with Gasteiger partial charge in [0.15, 0.2) is 0 Å². The second-order valence-corrected chi connectivity index (χ2v) is 4.69. The summed E-state index contributed by atoms with van der Waals surface area (Å²) in [5, 5.41) is 16.9. The molecule has 0 spiro atoms. The third kappa shape index (κ3) is 3.66. The Balaban J connectivity index is 1.90. The van der Waals surface area contributed by atoms with E-state index in [1.165, 1.54) is 11.3 Å². The van der Waals surface area contributed by atoms with E-state index >= 15 is 0 Å². The average Bonchev–Trinajstić information content (AvgIpc) is 2.80. The number of aliphatic hydroxyl groups excluding tert-OH is 1. The molecule has 0 aliphatic heterocycles. The molecule has 0 saturated carbocycles. The van der Waals surface area contributed by atoms with E-state index in [0.717, 1.165) is 30.8 Å². The van der Waals surface area contributed by atoms with Crippen LogP contribution in [0, 0.1) is 0 Å². The molecule has 1 aromatic heterocycles. The lowest BCUT2D eigenvalue weighted by atomic mass is 10.1. The van der Waals surface area contributed by atoms with E-state index in [4.69, 9.17) is 5.11 Å². The fraction of sp³-hybridized carbons (Fsp3) is 0.400. The molecule has 0 radical (unpaired) electrons. The Morgan fingerprint density at radius 2 is 2.00 bits per heavy atom. The largest absolute Gasteiger partial charge is 0.392 e. The molecule has 4 nitrogen and oxygen atoms in total. The van der Waals surface area contributed by atoms with Crippen LogP contribution in [0.3, 0.4) is 0 Å². The first-order chi connectivity index (χ1) is 9.22. The number of nitrogens with zero attached hydrogens (tertiary/aromatic N) is 2. The van der Waals surface area contributed by atoms with Crippen molar-refractivity contribution in [2.24, 2.45) is 7.05 Å². The van der Waals surface area contributed by atoms with Crippen molar-refractivity contribution in [2.45, 2.75) is 33.0 Å². The molecule has 1 heterocycles. The van der Waals surface area contributed by atoms with Crippen molar-refractivity contribution in [3.8, 4) is 0 Å². The number of aliphatic hydroxyl groups is 1. The number of nitrogens with one attached hydrogen (secondary N) is 1. The number of aryl methyl sites for hydroxylation is 2. The summed E-state index contributed by atoms with van der Waals surface area (Å²) in [7, 11) is 1.97. The van der Waals surface area contributed by atoms with Crippen LogP contribution in [0.2, 0.25) is 0 Å². The van der Waals surface area contributed by atoms with Gasteiger partial charge in [-0.15, -0.1) is 0 Å². The third-order valence-electron chi connectivity index (χ3n) is 3.20. The van der Waals surface area contributed by atoms with E-state index in [9.17, 15) is 0 Å². The molecule has 2 N–H and O–H groups in total. The molecule has 1 aromatic carbocycles. The summed E-state index contributed by atoms with van der Waals surface area (Å²) in [6.45, 7) is 3.79. The summed E-state index contributed by atoms with van der Waals surface area (Å²) >= 11 is 0. The van der Waals surface area contributed by atoms with E-state index in [0.29, 0.717) is 0 Å². The topological polar surface area (TPSA) is 50.1 Å². The first-order valence-electron chi connectivity index (χ1n) is 6.64. The minimum atomic E-state index is 0.0927. The Morgan fingerprint density at radius 1 is 1.21 bits per heavy atom. The molecule has 0 aliphatic carbocycles. The highest BCUT2D eigenvalue weighted by atomic mass is 16.3. The number of hydrogen-bond acceptors (Lipinski definition) is 3. The van der Waals surface area contributed by atoms with Crippen molar-refractivity contribution >= 4 is 0 Å². The second-order valence-electron chi connectivity index (χ2n) is 4.69. The Hall–Kier alpha value is -1.65. The van der Waals surface area contributed by atoms with Gasteiger partial charge in [-0.2, -0.15) is 5.10 Å². The van der Waals surface area contributed by atoms with Crippen LogP contribution in [0.5, 0.6) is 0 Å². The maximum Gasteiger partial charge on any atom is 0.0681 e. The predicted molar refractivity (Wildman–Crippen MR) is 75.5 cm³/mol. The van der Waals surface area contributed by atoms with Crippen molar-refractivity contribution in [3.05, 3.63) is 52.8 Å². The van der Waals surface area contributed by atoms with Crippen molar-refractivity contribution in [2.75, 3.05) is 0 Å². The van der Waals surface area contributed by atoms with E-state index in [1.54, 1.807) is 0 Å². The van der Waals surface area contributed by atoms with Crippen molar-refractivity contribution in [1.82, 2.24) is 15.1 Å². The quantitative estimate of drug-likeness (QED) is 0.831. The SMILES string of the molecule is CCc1cc(CNCc2cccc(CO)c2)n(C)n1. The number of rotatable bonds is 6. The molecule has 2 aromatic rings. The minimum Gasteiger partial charge on any atom is -0.392 e. The summed E-state index contributed by atoms with van der Waals surface area (Å²) in [6.07, 6.45) is 0.965. The Morgan fingerprint density at radius 3 is 2.68 bits per heavy atom. The van der Waals surface area contributed by atoms with Gasteiger partial charge in [-0.3, -0.25) is 4.68 Å². The van der Waals surface area contributed by atoms with Gasteiger partial charge in [-0.05, 0) is 23.6 Å². The van der Waals surface area contributed by atoms with Gasteiger partial charge in [0.1, 0.15) is 0 Å².